The average Bonchev–Trinajstić information content (AvgIpc) is 3.91. The Hall–Kier alpha value is -7.64. The van der Waals surface area contributed by atoms with Crippen LogP contribution in [0.15, 0.2) is 178 Å². The summed E-state index contributed by atoms with van der Waals surface area (Å²) < 4.78 is 19.7. The van der Waals surface area contributed by atoms with E-state index in [1.54, 1.807) is 24.6 Å². The van der Waals surface area contributed by atoms with Crippen molar-refractivity contribution in [1.82, 2.24) is 4.98 Å². The highest BCUT2D eigenvalue weighted by Gasteiger charge is 2.26. The van der Waals surface area contributed by atoms with E-state index in [0.29, 0.717) is 28.3 Å². The lowest BCUT2D eigenvalue weighted by atomic mass is 9.97. The average molecular weight is 743 g/mol. The lowest BCUT2D eigenvalue weighted by molar-refractivity contribution is 0.624. The molecule has 0 N–H and O–H groups in total. The zero-order valence-corrected chi connectivity index (χ0v) is 31.7. The van der Waals surface area contributed by atoms with Gasteiger partial charge in [0.15, 0.2) is 11.2 Å². The zero-order valence-electron chi connectivity index (χ0n) is 31.7. The lowest BCUT2D eigenvalue weighted by Crippen LogP contribution is -2.17. The smallest absolute Gasteiger partial charge is 0.227 e. The summed E-state index contributed by atoms with van der Waals surface area (Å²) in [7, 11) is 0. The van der Waals surface area contributed by atoms with Gasteiger partial charge in [-0.15, -0.1) is 0 Å². The number of rotatable bonds is 11. The molecule has 0 atom stereocenters. The highest BCUT2D eigenvalue weighted by atomic mass is 16.4. The Balaban J connectivity index is 1.28. The molecule has 0 radical (unpaired) electrons. The summed E-state index contributed by atoms with van der Waals surface area (Å²) in [6, 6.07) is 34.8. The summed E-state index contributed by atoms with van der Waals surface area (Å²) in [6.45, 7) is 20.7. The van der Waals surface area contributed by atoms with Crippen molar-refractivity contribution < 1.29 is 13.3 Å². The summed E-state index contributed by atoms with van der Waals surface area (Å²) >= 11 is 0. The molecular formula is C50H38N4O3. The van der Waals surface area contributed by atoms with E-state index in [2.05, 4.69) is 101 Å². The van der Waals surface area contributed by atoms with Gasteiger partial charge in [-0.1, -0.05) is 87.0 Å². The van der Waals surface area contributed by atoms with Crippen molar-refractivity contribution in [1.29, 1.82) is 0 Å². The first kappa shape index (κ1) is 35.1. The van der Waals surface area contributed by atoms with Crippen LogP contribution in [0, 0.1) is 6.92 Å². The van der Waals surface area contributed by atoms with E-state index >= 15 is 0 Å². The second-order valence-electron chi connectivity index (χ2n) is 13.5. The third kappa shape index (κ3) is 5.59. The maximum Gasteiger partial charge on any atom is 0.227 e. The standard InChI is InChI=1S/C50H38N4O3/c1-7-18-32(8-2)54(42-25-15-21-37-31(6)49(51-11-5)56-47(37)42)43-30-45-46(36(10-4)35(43)9-3)40-27-26-34(29-44(40)55-45)53(33-19-13-12-14-20-33)41-24-16-22-38-39-23-17-28-52-50(39)57-48(38)41/h7-30H,1-4H2,5-6H3/b32-18+,51-11?. The number of nitrogens with zero attached hydrogens (tertiary/aromatic N) is 4. The molecule has 0 aliphatic heterocycles. The number of hydrogen-bond acceptors (Lipinski definition) is 7. The first-order valence-electron chi connectivity index (χ1n) is 18.6. The molecule has 0 fully saturated rings. The van der Waals surface area contributed by atoms with Crippen molar-refractivity contribution in [2.75, 3.05) is 9.80 Å². The summed E-state index contributed by atoms with van der Waals surface area (Å²) in [6.07, 6.45) is 12.7. The number of aliphatic imine (C=N–C) groups is 1. The first-order valence-corrected chi connectivity index (χ1v) is 18.6. The Labute approximate surface area is 329 Å². The summed E-state index contributed by atoms with van der Waals surface area (Å²) in [4.78, 5) is 13.3. The van der Waals surface area contributed by atoms with Gasteiger partial charge in [0.25, 0.3) is 0 Å². The third-order valence-electron chi connectivity index (χ3n) is 10.4. The van der Waals surface area contributed by atoms with E-state index in [0.717, 1.165) is 83.3 Å². The predicted octanol–water partition coefficient (Wildman–Crippen LogP) is 14.8. The van der Waals surface area contributed by atoms with Crippen LogP contribution in [0.2, 0.25) is 0 Å². The Kier molecular flexibility index (Phi) is 8.75. The fourth-order valence-electron chi connectivity index (χ4n) is 7.90. The molecule has 0 aliphatic rings. The highest BCUT2D eigenvalue weighted by Crippen LogP contribution is 2.48. The highest BCUT2D eigenvalue weighted by molar-refractivity contribution is 6.14. The maximum absolute atomic E-state index is 6.86. The quantitative estimate of drug-likeness (QED) is 0.0970. The van der Waals surface area contributed by atoms with Gasteiger partial charge in [-0.3, -0.25) is 0 Å². The lowest BCUT2D eigenvalue weighted by Gasteiger charge is -2.28. The van der Waals surface area contributed by atoms with Crippen molar-refractivity contribution in [3.8, 4) is 0 Å². The molecule has 9 rings (SSSR count). The van der Waals surface area contributed by atoms with E-state index in [4.69, 9.17) is 13.3 Å². The molecule has 4 aromatic heterocycles. The van der Waals surface area contributed by atoms with Gasteiger partial charge < -0.3 is 23.1 Å². The molecule has 5 aromatic carbocycles. The fraction of sp³-hybridized carbons (Fsp3) is 0.0400. The van der Waals surface area contributed by atoms with E-state index in [9.17, 15) is 0 Å². The van der Waals surface area contributed by atoms with E-state index in [1.807, 2.05) is 80.6 Å². The van der Waals surface area contributed by atoms with Crippen molar-refractivity contribution >= 4 is 108 Å². The molecule has 57 heavy (non-hydrogen) atoms. The number of anilines is 5. The number of allylic oxidation sites excluding steroid dienone is 3. The molecule has 4 heterocycles. The number of benzene rings is 5. The Morgan fingerprint density at radius 1 is 0.667 bits per heavy atom. The van der Waals surface area contributed by atoms with Gasteiger partial charge in [-0.25, -0.2) is 9.98 Å². The summed E-state index contributed by atoms with van der Waals surface area (Å²) in [5.41, 5.74) is 11.2. The molecule has 0 saturated carbocycles. The van der Waals surface area contributed by atoms with Crippen molar-refractivity contribution in [2.45, 2.75) is 13.8 Å². The fourth-order valence-corrected chi connectivity index (χ4v) is 7.90. The van der Waals surface area contributed by atoms with Crippen molar-refractivity contribution in [3.05, 3.63) is 176 Å². The van der Waals surface area contributed by atoms with E-state index < -0.39 is 0 Å². The van der Waals surface area contributed by atoms with Gasteiger partial charge in [0.1, 0.15) is 11.2 Å². The van der Waals surface area contributed by atoms with E-state index in [1.165, 1.54) is 0 Å². The van der Waals surface area contributed by atoms with Gasteiger partial charge in [-0.05, 0) is 80.1 Å². The van der Waals surface area contributed by atoms with Crippen LogP contribution in [0.1, 0.15) is 23.6 Å². The number of pyridine rings is 1. The van der Waals surface area contributed by atoms with Crippen molar-refractivity contribution in [3.63, 3.8) is 0 Å². The van der Waals surface area contributed by atoms with Crippen LogP contribution >= 0.6 is 0 Å². The Bertz CT molecular complexity index is 3140. The molecule has 0 saturated heterocycles. The van der Waals surface area contributed by atoms with Crippen LogP contribution in [-0.2, 0) is 0 Å². The summed E-state index contributed by atoms with van der Waals surface area (Å²) in [5, 5.41) is 4.79. The Morgan fingerprint density at radius 3 is 2.18 bits per heavy atom. The normalized spacial score (nSPS) is 12.0. The Morgan fingerprint density at radius 2 is 1.42 bits per heavy atom. The van der Waals surface area contributed by atoms with Gasteiger partial charge in [0.2, 0.25) is 11.6 Å². The van der Waals surface area contributed by atoms with Crippen LogP contribution in [0.4, 0.5) is 34.3 Å². The van der Waals surface area contributed by atoms with Crippen LogP contribution < -0.4 is 9.80 Å². The minimum atomic E-state index is 0.560. The molecule has 9 aromatic rings. The molecule has 0 unspecified atom stereocenters. The largest absolute Gasteiger partial charge is 0.456 e. The molecule has 7 heteroatoms. The zero-order chi connectivity index (χ0) is 39.2. The van der Waals surface area contributed by atoms with Crippen LogP contribution in [0.3, 0.4) is 0 Å². The van der Waals surface area contributed by atoms with Crippen molar-refractivity contribution in [2.24, 2.45) is 4.99 Å². The van der Waals surface area contributed by atoms with Crippen LogP contribution in [0.5, 0.6) is 0 Å². The van der Waals surface area contributed by atoms with Gasteiger partial charge >= 0.3 is 0 Å². The second-order valence-corrected chi connectivity index (χ2v) is 13.5. The van der Waals surface area contributed by atoms with Gasteiger partial charge in [-0.2, -0.15) is 0 Å². The molecule has 0 spiro atoms. The molecular weight excluding hydrogens is 705 g/mol. The molecule has 7 nitrogen and oxygen atoms in total. The third-order valence-corrected chi connectivity index (χ3v) is 10.4. The van der Waals surface area contributed by atoms with E-state index in [-0.39, 0.29) is 0 Å². The predicted molar refractivity (Wildman–Crippen MR) is 239 cm³/mol. The molecule has 0 bridgehead atoms. The molecule has 0 aliphatic carbocycles. The SMILES string of the molecule is C=C/C=C(\C=C)N(c1cc2oc3cc(N(c4ccccc4)c4cccc5c4oc4ncccc45)ccc3c2c(C=C)c1C=C)c1cccc2c(C)c(N=CC)oc12. The number of hydrogen-bond donors (Lipinski definition) is 0. The van der Waals surface area contributed by atoms with Crippen LogP contribution in [0.25, 0.3) is 67.1 Å². The van der Waals surface area contributed by atoms with Gasteiger partial charge in [0.05, 0.1) is 22.7 Å². The number of para-hydroxylation sites is 3. The number of furan rings is 3. The topological polar surface area (TPSA) is 71.2 Å². The maximum atomic E-state index is 6.86. The number of fused-ring (bicyclic) bond motifs is 7. The minimum Gasteiger partial charge on any atom is -0.456 e. The second kappa shape index (κ2) is 14.2. The minimum absolute atomic E-state index is 0.560. The number of aromatic nitrogens is 1. The molecule has 0 amide bonds. The summed E-state index contributed by atoms with van der Waals surface area (Å²) in [5.74, 6) is 0.560. The first-order chi connectivity index (χ1) is 28.0. The van der Waals surface area contributed by atoms with Crippen LogP contribution in [-0.4, -0.2) is 11.2 Å². The number of aryl methyl sites for hydroxylation is 1. The van der Waals surface area contributed by atoms with Gasteiger partial charge in [0, 0.05) is 74.0 Å². The monoisotopic (exact) mass is 742 g/mol. The molecule has 276 valence electrons.